The normalized spacial score (nSPS) is 20.6. The molecule has 0 aliphatic carbocycles. The summed E-state index contributed by atoms with van der Waals surface area (Å²) in [4.78, 5) is 58.3. The fourth-order valence-corrected chi connectivity index (χ4v) is 6.42. The summed E-state index contributed by atoms with van der Waals surface area (Å²) < 4.78 is 11.6. The number of likely N-dealkylation sites (N-methyl/N-ethyl adjacent to an activating group) is 2. The minimum atomic E-state index is -0.732. The quantitative estimate of drug-likeness (QED) is 0.262. The summed E-state index contributed by atoms with van der Waals surface area (Å²) in [5, 5.41) is 3.02. The highest BCUT2D eigenvalue weighted by molar-refractivity contribution is 5.90. The lowest BCUT2D eigenvalue weighted by Gasteiger charge is -2.41. The van der Waals surface area contributed by atoms with Crippen molar-refractivity contribution in [1.82, 2.24) is 20.0 Å². The first kappa shape index (κ1) is 37.8. The molecule has 11 nitrogen and oxygen atoms in total. The fourth-order valence-electron chi connectivity index (χ4n) is 6.42. The smallest absolute Gasteiger partial charge is 0.245 e. The molecule has 1 aliphatic heterocycles. The van der Waals surface area contributed by atoms with Crippen molar-refractivity contribution in [3.8, 4) is 0 Å². The largest absolute Gasteiger partial charge is 0.379 e. The Hall–Kier alpha value is -2.24. The number of methoxy groups -OCH3 is 2. The monoisotopic (exact) mass is 597 g/mol. The maximum atomic E-state index is 14.0. The van der Waals surface area contributed by atoms with E-state index in [1.54, 1.807) is 30.9 Å². The molecule has 0 bridgehead atoms. The predicted octanol–water partition coefficient (Wildman–Crippen LogP) is 2.12. The Labute approximate surface area is 254 Å². The summed E-state index contributed by atoms with van der Waals surface area (Å²) in [5.41, 5.74) is 5.57. The highest BCUT2D eigenvalue weighted by Gasteiger charge is 2.42. The number of primary amides is 1. The summed E-state index contributed by atoms with van der Waals surface area (Å²) in [5.74, 6) is -1.60. The summed E-state index contributed by atoms with van der Waals surface area (Å²) in [7, 11) is 8.55. The zero-order chi connectivity index (χ0) is 32.5. The van der Waals surface area contributed by atoms with E-state index < -0.39 is 36.1 Å². The molecule has 11 heteroatoms. The Morgan fingerprint density at radius 1 is 0.976 bits per heavy atom. The molecule has 0 saturated carbocycles. The van der Waals surface area contributed by atoms with Crippen LogP contribution in [0.25, 0.3) is 0 Å². The van der Waals surface area contributed by atoms with Gasteiger partial charge in [0.15, 0.2) is 0 Å². The molecule has 0 aromatic heterocycles. The van der Waals surface area contributed by atoms with Crippen molar-refractivity contribution in [2.75, 3.05) is 41.9 Å². The molecule has 3 N–H and O–H groups in total. The van der Waals surface area contributed by atoms with Crippen LogP contribution < -0.4 is 11.1 Å². The lowest BCUT2D eigenvalue weighted by atomic mass is 9.89. The molecule has 1 saturated heterocycles. The predicted molar refractivity (Wildman–Crippen MR) is 164 cm³/mol. The Morgan fingerprint density at radius 3 is 2.00 bits per heavy atom. The van der Waals surface area contributed by atoms with Crippen molar-refractivity contribution in [3.05, 3.63) is 0 Å². The van der Waals surface area contributed by atoms with Crippen LogP contribution in [0.5, 0.6) is 0 Å². The Bertz CT molecular complexity index is 889. The second-order valence-electron chi connectivity index (χ2n) is 12.9. The molecule has 0 aromatic rings. The molecule has 0 aromatic carbocycles. The lowest BCUT2D eigenvalue weighted by Crippen LogP contribution is -2.59. The van der Waals surface area contributed by atoms with Gasteiger partial charge in [-0.3, -0.25) is 24.1 Å². The molecule has 4 amide bonds. The minimum absolute atomic E-state index is 0.0152. The number of hydrogen-bond donors (Lipinski definition) is 2. The molecular formula is C31H59N5O6. The standard InChI is InChI=1S/C31H59N5O6/c1-13-20(6)27(35(10)31(40)25(18(2)3)33-30(39)26(19(4)5)34(8)9)23(41-11)17-24(37)36-16-14-15-22(36)28(42-12)21(7)29(32)38/h18-23,25-28H,13-17H2,1-12H3,(H2,32,38)(H,33,39)/t20-,21+,22-,23+,25-,26-,27-,28?/m0/s1. The number of amides is 4. The van der Waals surface area contributed by atoms with Crippen LogP contribution in [0.4, 0.5) is 0 Å². The van der Waals surface area contributed by atoms with Gasteiger partial charge < -0.3 is 30.3 Å². The molecule has 42 heavy (non-hydrogen) atoms. The SMILES string of the molecule is CC[C@H](C)[C@@H]([C@@H](CC(=O)N1CCC[C@H]1C(OC)[C@@H](C)C(N)=O)OC)N(C)C(=O)[C@@H](NC(=O)[C@H](C(C)C)N(C)C)C(C)C. The molecule has 0 spiro atoms. The zero-order valence-corrected chi connectivity index (χ0v) is 28.2. The maximum absolute atomic E-state index is 14.0. The van der Waals surface area contributed by atoms with Gasteiger partial charge in [-0.1, -0.05) is 54.9 Å². The Balaban J connectivity index is 3.26. The molecule has 1 fully saturated rings. The Kier molecular flexibility index (Phi) is 15.4. The molecular weight excluding hydrogens is 538 g/mol. The number of carbonyl (C=O) groups excluding carboxylic acids is 4. The second-order valence-corrected chi connectivity index (χ2v) is 12.9. The third-order valence-electron chi connectivity index (χ3n) is 8.98. The van der Waals surface area contributed by atoms with Crippen molar-refractivity contribution >= 4 is 23.6 Å². The summed E-state index contributed by atoms with van der Waals surface area (Å²) in [6.07, 6.45) is 1.26. The van der Waals surface area contributed by atoms with Crippen LogP contribution in [0, 0.1) is 23.7 Å². The third kappa shape index (κ3) is 9.38. The van der Waals surface area contributed by atoms with Crippen LogP contribution in [0.3, 0.4) is 0 Å². The van der Waals surface area contributed by atoms with E-state index in [1.807, 2.05) is 60.5 Å². The minimum Gasteiger partial charge on any atom is -0.379 e. The number of ether oxygens (including phenoxy) is 2. The van der Waals surface area contributed by atoms with Gasteiger partial charge in [0.25, 0.3) is 0 Å². The highest BCUT2D eigenvalue weighted by atomic mass is 16.5. The highest BCUT2D eigenvalue weighted by Crippen LogP contribution is 2.29. The van der Waals surface area contributed by atoms with Gasteiger partial charge >= 0.3 is 0 Å². The van der Waals surface area contributed by atoms with Gasteiger partial charge in [0.05, 0.1) is 42.7 Å². The molecule has 1 rings (SSSR count). The first-order valence-corrected chi connectivity index (χ1v) is 15.4. The van der Waals surface area contributed by atoms with Crippen LogP contribution in [-0.2, 0) is 28.7 Å². The number of rotatable bonds is 17. The van der Waals surface area contributed by atoms with E-state index in [0.717, 1.165) is 12.8 Å². The second kappa shape index (κ2) is 17.2. The first-order valence-electron chi connectivity index (χ1n) is 15.4. The number of nitrogens with one attached hydrogen (secondary N) is 1. The number of carbonyl (C=O) groups is 4. The maximum Gasteiger partial charge on any atom is 0.245 e. The van der Waals surface area contributed by atoms with Gasteiger partial charge in [0.1, 0.15) is 6.04 Å². The lowest BCUT2D eigenvalue weighted by molar-refractivity contribution is -0.147. The number of likely N-dealkylation sites (tertiary alicyclic amines) is 1. The van der Waals surface area contributed by atoms with Crippen molar-refractivity contribution in [2.24, 2.45) is 29.4 Å². The molecule has 0 radical (unpaired) electrons. The van der Waals surface area contributed by atoms with E-state index in [-0.39, 0.29) is 54.0 Å². The molecule has 8 atom stereocenters. The van der Waals surface area contributed by atoms with Gasteiger partial charge in [0.2, 0.25) is 23.6 Å². The molecule has 244 valence electrons. The first-order chi connectivity index (χ1) is 19.5. The van der Waals surface area contributed by atoms with Crippen molar-refractivity contribution in [1.29, 1.82) is 0 Å². The molecule has 1 aliphatic rings. The average Bonchev–Trinajstić information content (AvgIpc) is 3.39. The summed E-state index contributed by atoms with van der Waals surface area (Å²) >= 11 is 0. The summed E-state index contributed by atoms with van der Waals surface area (Å²) in [6.45, 7) is 14.2. The van der Waals surface area contributed by atoms with Crippen LogP contribution in [0.1, 0.15) is 74.1 Å². The van der Waals surface area contributed by atoms with E-state index in [1.165, 1.54) is 7.11 Å². The zero-order valence-electron chi connectivity index (χ0n) is 28.2. The van der Waals surface area contributed by atoms with Gasteiger partial charge in [-0.05, 0) is 44.7 Å². The molecule has 1 unspecified atom stereocenters. The van der Waals surface area contributed by atoms with E-state index in [9.17, 15) is 19.2 Å². The third-order valence-corrected chi connectivity index (χ3v) is 8.98. The van der Waals surface area contributed by atoms with Crippen molar-refractivity contribution < 1.29 is 28.7 Å². The van der Waals surface area contributed by atoms with Gasteiger partial charge in [-0.25, -0.2) is 0 Å². The van der Waals surface area contributed by atoms with E-state index in [2.05, 4.69) is 5.32 Å². The summed E-state index contributed by atoms with van der Waals surface area (Å²) in [6, 6.07) is -1.78. The van der Waals surface area contributed by atoms with E-state index >= 15 is 0 Å². The van der Waals surface area contributed by atoms with Crippen molar-refractivity contribution in [3.63, 3.8) is 0 Å². The number of hydrogen-bond acceptors (Lipinski definition) is 7. The van der Waals surface area contributed by atoms with Gasteiger partial charge in [-0.2, -0.15) is 0 Å². The van der Waals surface area contributed by atoms with Crippen LogP contribution >= 0.6 is 0 Å². The van der Waals surface area contributed by atoms with Crippen molar-refractivity contribution in [2.45, 2.75) is 111 Å². The van der Waals surface area contributed by atoms with Gasteiger partial charge in [-0.15, -0.1) is 0 Å². The van der Waals surface area contributed by atoms with Crippen LogP contribution in [0.2, 0.25) is 0 Å². The average molecular weight is 598 g/mol. The molecule has 1 heterocycles. The Morgan fingerprint density at radius 2 is 1.57 bits per heavy atom. The van der Waals surface area contributed by atoms with Gasteiger partial charge in [0, 0.05) is 27.8 Å². The van der Waals surface area contributed by atoms with Crippen LogP contribution in [-0.4, -0.2) is 117 Å². The van der Waals surface area contributed by atoms with Crippen LogP contribution in [0.15, 0.2) is 0 Å². The number of nitrogens with zero attached hydrogens (tertiary/aromatic N) is 3. The topological polar surface area (TPSA) is 135 Å². The van der Waals surface area contributed by atoms with E-state index in [4.69, 9.17) is 15.2 Å². The van der Waals surface area contributed by atoms with E-state index in [0.29, 0.717) is 13.0 Å². The number of nitrogens with two attached hydrogens (primary N) is 1. The fraction of sp³-hybridized carbons (Fsp3) is 0.871.